The van der Waals surface area contributed by atoms with Gasteiger partial charge in [0, 0.05) is 0 Å². The lowest BCUT2D eigenvalue weighted by Crippen LogP contribution is -3.00. The standard InChI is InChI=1S/C42H34F2N4.2ClH/c43-37-21-13-33(14-22-37)27-47-29-45(39-5-1-3-7-41(39)47)25-31-9-17-35(18-10-31)36-19-11-32(12-20-36)26-46-30-48(42-8-4-2-6-40(42)46)28-34-15-23-38(44)24-16-34;;/h1-24,29-30H,25-28H2;2*1H/q+2;;/p-2. The molecule has 8 aromatic rings. The number of rotatable bonds is 9. The summed E-state index contributed by atoms with van der Waals surface area (Å²) >= 11 is 0. The minimum absolute atomic E-state index is 0. The number of hydrogen-bond acceptors (Lipinski definition) is 0. The van der Waals surface area contributed by atoms with Crippen LogP contribution in [0.25, 0.3) is 33.2 Å². The molecule has 8 heteroatoms. The number of nitrogens with zero attached hydrogens (tertiary/aromatic N) is 4. The van der Waals surface area contributed by atoms with Crippen molar-refractivity contribution in [3.05, 3.63) is 192 Å². The van der Waals surface area contributed by atoms with Crippen molar-refractivity contribution >= 4 is 22.1 Å². The summed E-state index contributed by atoms with van der Waals surface area (Å²) in [5, 5.41) is 0. The normalized spacial score (nSPS) is 11.0. The molecule has 2 aromatic heterocycles. The summed E-state index contributed by atoms with van der Waals surface area (Å²) in [6.45, 7) is 2.86. The zero-order valence-corrected chi connectivity index (χ0v) is 28.7. The highest BCUT2D eigenvalue weighted by Gasteiger charge is 2.18. The highest BCUT2D eigenvalue weighted by atomic mass is 35.5. The highest BCUT2D eigenvalue weighted by molar-refractivity contribution is 5.72. The Kier molecular flexibility index (Phi) is 10.4. The third-order valence-electron chi connectivity index (χ3n) is 9.04. The number of para-hydroxylation sites is 4. The number of fused-ring (bicyclic) bond motifs is 2. The second kappa shape index (κ2) is 15.1. The van der Waals surface area contributed by atoms with Gasteiger partial charge in [0.05, 0.1) is 0 Å². The maximum Gasteiger partial charge on any atom is 0.245 e. The summed E-state index contributed by atoms with van der Waals surface area (Å²) in [5.41, 5.74) is 11.5. The first-order valence-corrected chi connectivity index (χ1v) is 16.2. The largest absolute Gasteiger partial charge is 1.00 e. The average Bonchev–Trinajstić information content (AvgIpc) is 3.64. The SMILES string of the molecule is Fc1ccc(Cn2c[n+](Cc3ccc(-c4ccc(C[n+]5cn(Cc6ccc(F)cc6)c6ccccc65)cc4)cc3)c3ccccc32)cc1.[Cl-].[Cl-]. The molecule has 8 rings (SSSR count). The Morgan fingerprint density at radius 3 is 1.12 bits per heavy atom. The summed E-state index contributed by atoms with van der Waals surface area (Å²) in [7, 11) is 0. The molecular weight excluding hydrogens is 669 g/mol. The van der Waals surface area contributed by atoms with Gasteiger partial charge in [-0.2, -0.15) is 0 Å². The first kappa shape index (κ1) is 34.6. The first-order chi connectivity index (χ1) is 23.6. The third-order valence-corrected chi connectivity index (χ3v) is 9.04. The molecule has 0 radical (unpaired) electrons. The van der Waals surface area contributed by atoms with Crippen molar-refractivity contribution in [3.8, 4) is 11.1 Å². The molecule has 0 aliphatic carbocycles. The molecule has 0 fully saturated rings. The van der Waals surface area contributed by atoms with Gasteiger partial charge in [0.15, 0.2) is 22.1 Å². The van der Waals surface area contributed by atoms with E-state index >= 15 is 0 Å². The maximum atomic E-state index is 13.5. The molecule has 0 amide bonds. The molecular formula is C42H34Cl2F2N4. The second-order valence-electron chi connectivity index (χ2n) is 12.4. The Balaban J connectivity index is 0.00000216. The van der Waals surface area contributed by atoms with Crippen LogP contribution in [0, 0.1) is 11.6 Å². The van der Waals surface area contributed by atoms with Gasteiger partial charge in [0.1, 0.15) is 37.8 Å². The molecule has 0 atom stereocenters. The molecule has 4 nitrogen and oxygen atoms in total. The molecule has 0 unspecified atom stereocenters. The van der Waals surface area contributed by atoms with Crippen molar-refractivity contribution in [2.24, 2.45) is 0 Å². The Morgan fingerprint density at radius 2 is 0.740 bits per heavy atom. The molecule has 0 aliphatic rings. The van der Waals surface area contributed by atoms with E-state index in [4.69, 9.17) is 0 Å². The topological polar surface area (TPSA) is 17.6 Å². The number of benzene rings is 6. The van der Waals surface area contributed by atoms with Crippen molar-refractivity contribution < 1.29 is 42.7 Å². The minimum Gasteiger partial charge on any atom is -1.00 e. The van der Waals surface area contributed by atoms with Gasteiger partial charge in [-0.15, -0.1) is 0 Å². The fraction of sp³-hybridized carbons (Fsp3) is 0.0952. The van der Waals surface area contributed by atoms with Gasteiger partial charge in [0.25, 0.3) is 0 Å². The van der Waals surface area contributed by atoms with E-state index in [9.17, 15) is 8.78 Å². The first-order valence-electron chi connectivity index (χ1n) is 16.2. The van der Waals surface area contributed by atoms with E-state index in [1.54, 1.807) is 0 Å². The van der Waals surface area contributed by atoms with Crippen LogP contribution in [0.1, 0.15) is 22.3 Å². The lowest BCUT2D eigenvalue weighted by atomic mass is 10.0. The van der Waals surface area contributed by atoms with Crippen molar-refractivity contribution in [2.45, 2.75) is 26.2 Å². The summed E-state index contributed by atoms with van der Waals surface area (Å²) in [5.74, 6) is -0.436. The molecule has 50 heavy (non-hydrogen) atoms. The van der Waals surface area contributed by atoms with Crippen LogP contribution in [0.3, 0.4) is 0 Å². The molecule has 0 bridgehead atoms. The van der Waals surface area contributed by atoms with Crippen LogP contribution >= 0.6 is 0 Å². The van der Waals surface area contributed by atoms with E-state index in [0.717, 1.165) is 46.3 Å². The van der Waals surface area contributed by atoms with Gasteiger partial charge >= 0.3 is 0 Å². The minimum atomic E-state index is -0.218. The lowest BCUT2D eigenvalue weighted by Gasteiger charge is -2.06. The van der Waals surface area contributed by atoms with Crippen LogP contribution in [-0.4, -0.2) is 9.13 Å². The molecule has 0 saturated carbocycles. The van der Waals surface area contributed by atoms with Crippen molar-refractivity contribution in [2.75, 3.05) is 0 Å². The number of halogens is 4. The van der Waals surface area contributed by atoms with Gasteiger partial charge in [-0.25, -0.2) is 27.0 Å². The highest BCUT2D eigenvalue weighted by Crippen LogP contribution is 2.22. The summed E-state index contributed by atoms with van der Waals surface area (Å²) in [6, 6.07) is 47.8. The Morgan fingerprint density at radius 1 is 0.400 bits per heavy atom. The van der Waals surface area contributed by atoms with Crippen LogP contribution in [0.5, 0.6) is 0 Å². The lowest BCUT2D eigenvalue weighted by molar-refractivity contribution is -0.663. The Bertz CT molecular complexity index is 2180. The van der Waals surface area contributed by atoms with Crippen LogP contribution in [-0.2, 0) is 26.2 Å². The zero-order valence-electron chi connectivity index (χ0n) is 27.1. The fourth-order valence-corrected chi connectivity index (χ4v) is 6.56. The second-order valence-corrected chi connectivity index (χ2v) is 12.4. The molecule has 250 valence electrons. The van der Waals surface area contributed by atoms with E-state index in [2.05, 4.69) is 128 Å². The van der Waals surface area contributed by atoms with E-state index in [-0.39, 0.29) is 36.4 Å². The van der Waals surface area contributed by atoms with Crippen LogP contribution in [0.4, 0.5) is 8.78 Å². The van der Waals surface area contributed by atoms with E-state index in [1.807, 2.05) is 24.3 Å². The number of imidazole rings is 2. The molecule has 6 aromatic carbocycles. The molecule has 0 saturated heterocycles. The number of aromatic nitrogens is 4. The monoisotopic (exact) mass is 702 g/mol. The Labute approximate surface area is 302 Å². The summed E-state index contributed by atoms with van der Waals surface area (Å²) in [4.78, 5) is 0. The van der Waals surface area contributed by atoms with Crippen LogP contribution in [0.15, 0.2) is 158 Å². The fourth-order valence-electron chi connectivity index (χ4n) is 6.56. The predicted octanol–water partition coefficient (Wildman–Crippen LogP) is 2.32. The molecule has 0 N–H and O–H groups in total. The Hall–Kier alpha value is -5.30. The molecule has 0 spiro atoms. The van der Waals surface area contributed by atoms with E-state index in [1.165, 1.54) is 46.5 Å². The quantitative estimate of drug-likeness (QED) is 0.206. The third kappa shape index (κ3) is 7.32. The molecule has 2 heterocycles. The van der Waals surface area contributed by atoms with Gasteiger partial charge in [-0.1, -0.05) is 97.1 Å². The average molecular weight is 704 g/mol. The van der Waals surface area contributed by atoms with E-state index in [0.29, 0.717) is 13.1 Å². The maximum absolute atomic E-state index is 13.5. The smallest absolute Gasteiger partial charge is 0.245 e. The van der Waals surface area contributed by atoms with Crippen LogP contribution < -0.4 is 33.9 Å². The molecule has 0 aliphatic heterocycles. The van der Waals surface area contributed by atoms with Gasteiger partial charge in [-0.05, 0) is 81.9 Å². The van der Waals surface area contributed by atoms with Crippen LogP contribution in [0.2, 0.25) is 0 Å². The van der Waals surface area contributed by atoms with E-state index < -0.39 is 0 Å². The predicted molar refractivity (Wildman–Crippen MR) is 185 cm³/mol. The van der Waals surface area contributed by atoms with Gasteiger partial charge in [0.2, 0.25) is 12.7 Å². The summed E-state index contributed by atoms with van der Waals surface area (Å²) in [6.07, 6.45) is 4.30. The van der Waals surface area contributed by atoms with Gasteiger partial charge in [-0.3, -0.25) is 0 Å². The van der Waals surface area contributed by atoms with Crippen molar-refractivity contribution in [1.82, 2.24) is 9.13 Å². The van der Waals surface area contributed by atoms with Gasteiger partial charge < -0.3 is 24.8 Å². The zero-order chi connectivity index (χ0) is 32.5. The van der Waals surface area contributed by atoms with Crippen molar-refractivity contribution in [3.63, 3.8) is 0 Å². The number of hydrogen-bond donors (Lipinski definition) is 0. The van der Waals surface area contributed by atoms with Crippen molar-refractivity contribution in [1.29, 1.82) is 0 Å². The summed E-state index contributed by atoms with van der Waals surface area (Å²) < 4.78 is 35.9.